The number of aromatic nitrogens is 1. The SMILES string of the molecule is NCCc1cc(Oc2cccc(C(=O)NCC3(O)CCC3)c2)nc(C(F)(F)F)c1. The van der Waals surface area contributed by atoms with Gasteiger partial charge in [0.05, 0.1) is 5.60 Å². The number of hydrogen-bond acceptors (Lipinski definition) is 5. The van der Waals surface area contributed by atoms with E-state index in [1.165, 1.54) is 18.2 Å². The fourth-order valence-electron chi connectivity index (χ4n) is 3.00. The number of hydrogen-bond donors (Lipinski definition) is 3. The summed E-state index contributed by atoms with van der Waals surface area (Å²) in [5.74, 6) is -0.466. The normalized spacial score (nSPS) is 15.5. The Bertz CT molecular complexity index is 883. The smallest absolute Gasteiger partial charge is 0.433 e. The number of nitrogens with zero attached hydrogens (tertiary/aromatic N) is 1. The molecule has 0 bridgehead atoms. The summed E-state index contributed by atoms with van der Waals surface area (Å²) in [6, 6.07) is 8.35. The lowest BCUT2D eigenvalue weighted by molar-refractivity contribution is -0.141. The number of carbonyl (C=O) groups is 1. The first-order valence-electron chi connectivity index (χ1n) is 9.25. The summed E-state index contributed by atoms with van der Waals surface area (Å²) in [5, 5.41) is 12.7. The average Bonchev–Trinajstić information content (AvgIpc) is 2.64. The van der Waals surface area contributed by atoms with Crippen LogP contribution in [0.1, 0.15) is 40.9 Å². The van der Waals surface area contributed by atoms with Crippen molar-refractivity contribution < 1.29 is 27.8 Å². The second-order valence-corrected chi connectivity index (χ2v) is 7.13. The van der Waals surface area contributed by atoms with Crippen LogP contribution in [0.5, 0.6) is 11.6 Å². The molecule has 1 aromatic carbocycles. The van der Waals surface area contributed by atoms with Crippen LogP contribution in [0.15, 0.2) is 36.4 Å². The summed E-state index contributed by atoms with van der Waals surface area (Å²) >= 11 is 0. The molecule has 9 heteroatoms. The molecule has 0 atom stereocenters. The molecule has 4 N–H and O–H groups in total. The van der Waals surface area contributed by atoms with Crippen molar-refractivity contribution >= 4 is 5.91 Å². The summed E-state index contributed by atoms with van der Waals surface area (Å²) in [6.45, 7) is 0.331. The van der Waals surface area contributed by atoms with Crippen molar-refractivity contribution in [3.63, 3.8) is 0 Å². The maximum Gasteiger partial charge on any atom is 0.433 e. The van der Waals surface area contributed by atoms with Gasteiger partial charge < -0.3 is 20.9 Å². The highest BCUT2D eigenvalue weighted by Crippen LogP contribution is 2.32. The van der Waals surface area contributed by atoms with Crippen LogP contribution < -0.4 is 15.8 Å². The fraction of sp³-hybridized carbons (Fsp3) is 0.400. The molecule has 1 aliphatic rings. The average molecular weight is 409 g/mol. The third-order valence-corrected chi connectivity index (χ3v) is 4.77. The Labute approximate surface area is 165 Å². The summed E-state index contributed by atoms with van der Waals surface area (Å²) in [7, 11) is 0. The van der Waals surface area contributed by atoms with Crippen molar-refractivity contribution in [2.24, 2.45) is 5.73 Å². The Hall–Kier alpha value is -2.65. The Morgan fingerprint density at radius 1 is 1.28 bits per heavy atom. The number of aliphatic hydroxyl groups is 1. The van der Waals surface area contributed by atoms with Gasteiger partial charge in [0.1, 0.15) is 11.4 Å². The molecule has 1 amide bonds. The van der Waals surface area contributed by atoms with E-state index in [-0.39, 0.29) is 36.7 Å². The van der Waals surface area contributed by atoms with Gasteiger partial charge in [-0.2, -0.15) is 13.2 Å². The lowest BCUT2D eigenvalue weighted by Gasteiger charge is -2.36. The number of halogens is 3. The highest BCUT2D eigenvalue weighted by molar-refractivity contribution is 5.94. The zero-order chi connectivity index (χ0) is 21.1. The number of nitrogens with two attached hydrogens (primary N) is 1. The van der Waals surface area contributed by atoms with E-state index in [1.807, 2.05) is 0 Å². The summed E-state index contributed by atoms with van der Waals surface area (Å²) < 4.78 is 44.8. The van der Waals surface area contributed by atoms with E-state index in [9.17, 15) is 23.1 Å². The van der Waals surface area contributed by atoms with Crippen molar-refractivity contribution in [1.29, 1.82) is 0 Å². The Kier molecular flexibility index (Phi) is 6.09. The Morgan fingerprint density at radius 2 is 2.03 bits per heavy atom. The van der Waals surface area contributed by atoms with Crippen LogP contribution in [0.4, 0.5) is 13.2 Å². The number of benzene rings is 1. The molecule has 1 saturated carbocycles. The maximum absolute atomic E-state index is 13.1. The molecule has 1 heterocycles. The van der Waals surface area contributed by atoms with Crippen LogP contribution in [-0.2, 0) is 12.6 Å². The molecule has 0 radical (unpaired) electrons. The van der Waals surface area contributed by atoms with E-state index in [0.29, 0.717) is 18.4 Å². The van der Waals surface area contributed by atoms with Gasteiger partial charge >= 0.3 is 6.18 Å². The Morgan fingerprint density at radius 3 is 2.66 bits per heavy atom. The highest BCUT2D eigenvalue weighted by atomic mass is 19.4. The molecule has 1 fully saturated rings. The third-order valence-electron chi connectivity index (χ3n) is 4.77. The first-order valence-corrected chi connectivity index (χ1v) is 9.25. The van der Waals surface area contributed by atoms with Crippen molar-refractivity contribution in [3.8, 4) is 11.6 Å². The molecule has 3 rings (SSSR count). The molecule has 156 valence electrons. The van der Waals surface area contributed by atoms with Crippen LogP contribution in [0.25, 0.3) is 0 Å². The van der Waals surface area contributed by atoms with E-state index in [4.69, 9.17) is 10.5 Å². The molecule has 1 aliphatic carbocycles. The second-order valence-electron chi connectivity index (χ2n) is 7.13. The molecule has 0 spiro atoms. The summed E-state index contributed by atoms with van der Waals surface area (Å²) in [4.78, 5) is 15.8. The highest BCUT2D eigenvalue weighted by Gasteiger charge is 2.35. The predicted octanol–water partition coefficient (Wildman–Crippen LogP) is 3.04. The molecule has 1 aromatic heterocycles. The number of nitrogens with one attached hydrogen (secondary N) is 1. The van der Waals surface area contributed by atoms with Crippen molar-refractivity contribution in [2.75, 3.05) is 13.1 Å². The lowest BCUT2D eigenvalue weighted by Crippen LogP contribution is -2.47. The van der Waals surface area contributed by atoms with Gasteiger partial charge in [0.15, 0.2) is 0 Å². The van der Waals surface area contributed by atoms with Gasteiger partial charge in [0.25, 0.3) is 5.91 Å². The first kappa shape index (κ1) is 21.1. The monoisotopic (exact) mass is 409 g/mol. The number of alkyl halides is 3. The van der Waals surface area contributed by atoms with E-state index in [1.54, 1.807) is 12.1 Å². The topological polar surface area (TPSA) is 97.5 Å². The number of carbonyl (C=O) groups excluding carboxylic acids is 1. The van der Waals surface area contributed by atoms with E-state index in [0.717, 1.165) is 12.5 Å². The lowest BCUT2D eigenvalue weighted by atomic mass is 9.80. The van der Waals surface area contributed by atoms with Gasteiger partial charge in [-0.3, -0.25) is 4.79 Å². The molecule has 2 aromatic rings. The van der Waals surface area contributed by atoms with Crippen LogP contribution in [0.2, 0.25) is 0 Å². The third kappa shape index (κ3) is 5.45. The molecule has 0 unspecified atom stereocenters. The van der Waals surface area contributed by atoms with Gasteiger partial charge in [-0.1, -0.05) is 6.07 Å². The second kappa shape index (κ2) is 8.38. The van der Waals surface area contributed by atoms with E-state index < -0.39 is 23.4 Å². The number of rotatable bonds is 7. The van der Waals surface area contributed by atoms with Crippen molar-refractivity contribution in [2.45, 2.75) is 37.5 Å². The molecule has 0 aliphatic heterocycles. The van der Waals surface area contributed by atoms with E-state index in [2.05, 4.69) is 10.3 Å². The molecular weight excluding hydrogens is 387 g/mol. The van der Waals surface area contributed by atoms with Crippen LogP contribution >= 0.6 is 0 Å². The van der Waals surface area contributed by atoms with Gasteiger partial charge in [0, 0.05) is 18.2 Å². The first-order chi connectivity index (χ1) is 13.7. The maximum atomic E-state index is 13.1. The summed E-state index contributed by atoms with van der Waals surface area (Å²) in [5.41, 5.74) is 4.14. The summed E-state index contributed by atoms with van der Waals surface area (Å²) in [6.07, 6.45) is -2.17. The Balaban J connectivity index is 1.75. The predicted molar refractivity (Wildman–Crippen MR) is 99.6 cm³/mol. The minimum Gasteiger partial charge on any atom is -0.439 e. The van der Waals surface area contributed by atoms with Gasteiger partial charge in [-0.15, -0.1) is 0 Å². The van der Waals surface area contributed by atoms with Crippen LogP contribution in [0.3, 0.4) is 0 Å². The number of pyridine rings is 1. The largest absolute Gasteiger partial charge is 0.439 e. The zero-order valence-electron chi connectivity index (χ0n) is 15.6. The fourth-order valence-corrected chi connectivity index (χ4v) is 3.00. The number of ether oxygens (including phenoxy) is 1. The van der Waals surface area contributed by atoms with Crippen molar-refractivity contribution in [3.05, 3.63) is 53.2 Å². The molecule has 0 saturated heterocycles. The molecule has 29 heavy (non-hydrogen) atoms. The van der Waals surface area contributed by atoms with Crippen LogP contribution in [-0.4, -0.2) is 34.7 Å². The minimum atomic E-state index is -4.62. The zero-order valence-corrected chi connectivity index (χ0v) is 15.6. The molecular formula is C20H22F3N3O3. The van der Waals surface area contributed by atoms with Gasteiger partial charge in [-0.05, 0) is 62.1 Å². The number of amides is 1. The minimum absolute atomic E-state index is 0.147. The standard InChI is InChI=1S/C20H22F3N3O3/c21-20(22,23)16-9-13(5-8-24)10-17(26-16)29-15-4-1-3-14(11-15)18(27)25-12-19(28)6-2-7-19/h1,3-4,9-11,28H,2,5-8,12,24H2,(H,25,27). The molecule has 6 nitrogen and oxygen atoms in total. The quantitative estimate of drug-likeness (QED) is 0.653. The van der Waals surface area contributed by atoms with E-state index >= 15 is 0 Å². The van der Waals surface area contributed by atoms with Gasteiger partial charge in [0.2, 0.25) is 5.88 Å². The van der Waals surface area contributed by atoms with Crippen molar-refractivity contribution in [1.82, 2.24) is 10.3 Å². The van der Waals surface area contributed by atoms with Gasteiger partial charge in [-0.25, -0.2) is 4.98 Å². The van der Waals surface area contributed by atoms with Crippen LogP contribution in [0, 0.1) is 0 Å².